The molecule has 22 heavy (non-hydrogen) atoms. The number of aryl methyl sites for hydroxylation is 1. The van der Waals surface area contributed by atoms with Crippen molar-refractivity contribution in [3.63, 3.8) is 0 Å². The minimum absolute atomic E-state index is 0.00144. The van der Waals surface area contributed by atoms with Gasteiger partial charge in [0.25, 0.3) is 5.69 Å². The van der Waals surface area contributed by atoms with Crippen LogP contribution in [0.3, 0.4) is 0 Å². The maximum atomic E-state index is 10.8. The summed E-state index contributed by atoms with van der Waals surface area (Å²) in [7, 11) is 0. The lowest BCUT2D eigenvalue weighted by molar-refractivity contribution is -0.384. The number of phenols is 1. The summed E-state index contributed by atoms with van der Waals surface area (Å²) in [5.41, 5.74) is 2.83. The first kappa shape index (κ1) is 14.3. The third kappa shape index (κ3) is 2.83. The van der Waals surface area contributed by atoms with E-state index in [2.05, 4.69) is 17.1 Å². The molecule has 0 amide bonds. The Labute approximate surface area is 128 Å². The number of nitrogens with zero attached hydrogens (tertiary/aromatic N) is 2. The summed E-state index contributed by atoms with van der Waals surface area (Å²) in [6.45, 7) is 0. The number of nitro groups is 1. The van der Waals surface area contributed by atoms with E-state index in [1.807, 2.05) is 12.1 Å². The molecule has 3 rings (SSSR count). The van der Waals surface area contributed by atoms with Gasteiger partial charge in [0.15, 0.2) is 0 Å². The van der Waals surface area contributed by atoms with Crippen LogP contribution in [0.15, 0.2) is 47.5 Å². The summed E-state index contributed by atoms with van der Waals surface area (Å²) in [6, 6.07) is 12.2. The average molecular weight is 296 g/mol. The van der Waals surface area contributed by atoms with Gasteiger partial charge < -0.3 is 5.11 Å². The van der Waals surface area contributed by atoms with Crippen molar-refractivity contribution >= 4 is 11.9 Å². The van der Waals surface area contributed by atoms with E-state index >= 15 is 0 Å². The highest BCUT2D eigenvalue weighted by atomic mass is 16.6. The first-order chi connectivity index (χ1) is 10.6. The number of hydrogen-bond donors (Lipinski definition) is 1. The molecule has 0 saturated heterocycles. The fourth-order valence-corrected chi connectivity index (χ4v) is 2.81. The van der Waals surface area contributed by atoms with Crippen LogP contribution in [0.1, 0.15) is 35.6 Å². The second-order valence-corrected chi connectivity index (χ2v) is 5.39. The molecule has 0 spiro atoms. The molecular formula is C17H16N2O3. The van der Waals surface area contributed by atoms with Crippen molar-refractivity contribution in [1.29, 1.82) is 0 Å². The maximum absolute atomic E-state index is 10.8. The molecule has 2 aromatic carbocycles. The van der Waals surface area contributed by atoms with E-state index in [9.17, 15) is 15.2 Å². The standard InChI is InChI=1S/C17H16N2O3/c20-17-9-8-14(19(21)22)10-13(17)11-18-16-7-3-5-12-4-1-2-6-15(12)16/h1-2,4,6,8-11,16,20H,3,5,7H2/t16-/m0/s1. The maximum Gasteiger partial charge on any atom is 0.270 e. The number of benzene rings is 2. The zero-order valence-electron chi connectivity index (χ0n) is 12.0. The van der Waals surface area contributed by atoms with Crippen molar-refractivity contribution in [3.8, 4) is 5.75 Å². The molecule has 1 atom stereocenters. The van der Waals surface area contributed by atoms with Crippen molar-refractivity contribution < 1.29 is 10.0 Å². The topological polar surface area (TPSA) is 75.7 Å². The molecule has 1 aliphatic carbocycles. The van der Waals surface area contributed by atoms with Gasteiger partial charge in [-0.15, -0.1) is 0 Å². The summed E-state index contributed by atoms with van der Waals surface area (Å²) in [6.07, 6.45) is 4.61. The molecule has 0 bridgehead atoms. The number of rotatable bonds is 3. The molecule has 0 aliphatic heterocycles. The minimum atomic E-state index is -0.479. The van der Waals surface area contributed by atoms with Gasteiger partial charge in [0.1, 0.15) is 5.75 Å². The number of non-ortho nitro benzene ring substituents is 1. The molecule has 0 unspecified atom stereocenters. The molecule has 0 aromatic heterocycles. The van der Waals surface area contributed by atoms with E-state index in [0.29, 0.717) is 5.56 Å². The number of hydrogen-bond acceptors (Lipinski definition) is 4. The van der Waals surface area contributed by atoms with E-state index in [4.69, 9.17) is 0 Å². The van der Waals surface area contributed by atoms with Crippen molar-refractivity contribution in [2.45, 2.75) is 25.3 Å². The largest absolute Gasteiger partial charge is 0.507 e. The Kier molecular flexibility index (Phi) is 3.87. The molecule has 2 aromatic rings. The summed E-state index contributed by atoms with van der Waals surface area (Å²) >= 11 is 0. The molecule has 5 heteroatoms. The van der Waals surface area contributed by atoms with Crippen LogP contribution >= 0.6 is 0 Å². The molecular weight excluding hydrogens is 280 g/mol. The van der Waals surface area contributed by atoms with Gasteiger partial charge in [-0.2, -0.15) is 0 Å². The Morgan fingerprint density at radius 3 is 2.91 bits per heavy atom. The Morgan fingerprint density at radius 1 is 1.27 bits per heavy atom. The van der Waals surface area contributed by atoms with Crippen LogP contribution in [-0.4, -0.2) is 16.2 Å². The van der Waals surface area contributed by atoms with Gasteiger partial charge in [0.05, 0.1) is 11.0 Å². The predicted octanol–water partition coefficient (Wildman–Crippen LogP) is 3.80. The summed E-state index contributed by atoms with van der Waals surface area (Å²) < 4.78 is 0. The smallest absolute Gasteiger partial charge is 0.270 e. The molecule has 5 nitrogen and oxygen atoms in total. The first-order valence-corrected chi connectivity index (χ1v) is 7.23. The highest BCUT2D eigenvalue weighted by Gasteiger charge is 2.18. The van der Waals surface area contributed by atoms with Crippen molar-refractivity contribution in [2.24, 2.45) is 4.99 Å². The van der Waals surface area contributed by atoms with Gasteiger partial charge in [-0.3, -0.25) is 15.1 Å². The highest BCUT2D eigenvalue weighted by molar-refractivity contribution is 5.84. The van der Waals surface area contributed by atoms with Crippen LogP contribution in [0.5, 0.6) is 5.75 Å². The normalized spacial score (nSPS) is 17.4. The van der Waals surface area contributed by atoms with E-state index in [-0.39, 0.29) is 17.5 Å². The third-order valence-corrected chi connectivity index (χ3v) is 3.95. The van der Waals surface area contributed by atoms with Crippen molar-refractivity contribution in [2.75, 3.05) is 0 Å². The minimum Gasteiger partial charge on any atom is -0.507 e. The quantitative estimate of drug-likeness (QED) is 0.532. The summed E-state index contributed by atoms with van der Waals surface area (Å²) in [4.78, 5) is 14.9. The summed E-state index contributed by atoms with van der Waals surface area (Å²) in [5, 5.41) is 20.6. The van der Waals surface area contributed by atoms with Crippen LogP contribution in [0.25, 0.3) is 0 Å². The second-order valence-electron chi connectivity index (χ2n) is 5.39. The molecule has 0 heterocycles. The molecule has 1 aliphatic rings. The molecule has 1 N–H and O–H groups in total. The fourth-order valence-electron chi connectivity index (χ4n) is 2.81. The van der Waals surface area contributed by atoms with Crippen LogP contribution in [0, 0.1) is 10.1 Å². The lowest BCUT2D eigenvalue weighted by Crippen LogP contribution is -2.08. The van der Waals surface area contributed by atoms with Gasteiger partial charge in [-0.25, -0.2) is 0 Å². The Hall–Kier alpha value is -2.69. The molecule has 0 saturated carbocycles. The first-order valence-electron chi connectivity index (χ1n) is 7.23. The van der Waals surface area contributed by atoms with Crippen LogP contribution in [-0.2, 0) is 6.42 Å². The third-order valence-electron chi connectivity index (χ3n) is 3.95. The Bertz CT molecular complexity index is 740. The number of aliphatic imine (C=N–C) groups is 1. The van der Waals surface area contributed by atoms with Crippen LogP contribution in [0.4, 0.5) is 5.69 Å². The van der Waals surface area contributed by atoms with E-state index in [1.54, 1.807) is 0 Å². The Balaban J connectivity index is 1.89. The van der Waals surface area contributed by atoms with E-state index < -0.39 is 4.92 Å². The zero-order chi connectivity index (χ0) is 15.5. The zero-order valence-corrected chi connectivity index (χ0v) is 12.0. The summed E-state index contributed by atoms with van der Waals surface area (Å²) in [5.74, 6) is -0.00144. The fraction of sp³-hybridized carbons (Fsp3) is 0.235. The molecule has 112 valence electrons. The highest BCUT2D eigenvalue weighted by Crippen LogP contribution is 2.32. The average Bonchev–Trinajstić information content (AvgIpc) is 2.54. The predicted molar refractivity (Wildman–Crippen MR) is 84.5 cm³/mol. The lowest BCUT2D eigenvalue weighted by atomic mass is 9.88. The number of fused-ring (bicyclic) bond motifs is 1. The van der Waals surface area contributed by atoms with Gasteiger partial charge in [0.2, 0.25) is 0 Å². The van der Waals surface area contributed by atoms with Crippen molar-refractivity contribution in [3.05, 3.63) is 69.3 Å². The number of aromatic hydroxyl groups is 1. The number of nitro benzene ring substituents is 1. The van der Waals surface area contributed by atoms with Gasteiger partial charge in [0, 0.05) is 23.9 Å². The van der Waals surface area contributed by atoms with Gasteiger partial charge in [-0.1, -0.05) is 24.3 Å². The lowest BCUT2D eigenvalue weighted by Gasteiger charge is -2.22. The van der Waals surface area contributed by atoms with Gasteiger partial charge >= 0.3 is 0 Å². The van der Waals surface area contributed by atoms with Crippen LogP contribution in [0.2, 0.25) is 0 Å². The van der Waals surface area contributed by atoms with E-state index in [1.165, 1.54) is 35.5 Å². The van der Waals surface area contributed by atoms with Gasteiger partial charge in [-0.05, 0) is 36.5 Å². The SMILES string of the molecule is O=[N+]([O-])c1ccc(O)c(C=N[C@H]2CCCc3ccccc32)c1. The molecule has 0 fully saturated rings. The molecule has 0 radical (unpaired) electrons. The van der Waals surface area contributed by atoms with E-state index in [0.717, 1.165) is 19.3 Å². The van der Waals surface area contributed by atoms with Crippen molar-refractivity contribution in [1.82, 2.24) is 0 Å². The van der Waals surface area contributed by atoms with Crippen LogP contribution < -0.4 is 0 Å². The number of phenolic OH excluding ortho intramolecular Hbond substituents is 1. The monoisotopic (exact) mass is 296 g/mol. The second kappa shape index (κ2) is 5.97. The Morgan fingerprint density at radius 2 is 2.09 bits per heavy atom.